The number of hydrogen-bond acceptors (Lipinski definition) is 3. The Morgan fingerprint density at radius 2 is 2.00 bits per heavy atom. The number of anilines is 1. The van der Waals surface area contributed by atoms with Crippen LogP contribution < -0.4 is 9.74 Å². The van der Waals surface area contributed by atoms with Crippen LogP contribution >= 0.6 is 0 Å². The van der Waals surface area contributed by atoms with Gasteiger partial charge in [0.1, 0.15) is 5.69 Å². The van der Waals surface area contributed by atoms with Crippen molar-refractivity contribution in [3.05, 3.63) is 39.8 Å². The molecule has 1 rings (SSSR count). The molecule has 64 valence electrons. The standard InChI is InChI=1S/C6H7N3O3/c1-7(9(11)12)6-2-4-8(10)5-3-6/h2-5H,1H3. The lowest BCUT2D eigenvalue weighted by Gasteiger charge is -2.06. The molecule has 12 heavy (non-hydrogen) atoms. The summed E-state index contributed by atoms with van der Waals surface area (Å²) < 4.78 is 0.567. The minimum Gasteiger partial charge on any atom is -0.619 e. The molecular formula is C6H7N3O3. The molecule has 0 aliphatic carbocycles. The normalized spacial score (nSPS) is 9.42. The second-order valence-corrected chi connectivity index (χ2v) is 2.18. The van der Waals surface area contributed by atoms with E-state index in [4.69, 9.17) is 0 Å². The molecule has 0 saturated carbocycles. The number of aromatic nitrogens is 1. The summed E-state index contributed by atoms with van der Waals surface area (Å²) in [6.07, 6.45) is 2.41. The summed E-state index contributed by atoms with van der Waals surface area (Å²) in [5.41, 5.74) is 0.368. The SMILES string of the molecule is CN(c1cc[n+]([O-])cc1)[N+](=O)[O-]. The summed E-state index contributed by atoms with van der Waals surface area (Å²) in [5, 5.41) is 21.0. The Kier molecular flexibility index (Phi) is 2.09. The van der Waals surface area contributed by atoms with Crippen molar-refractivity contribution in [2.45, 2.75) is 0 Å². The number of rotatable bonds is 2. The van der Waals surface area contributed by atoms with Crippen LogP contribution in [-0.4, -0.2) is 12.1 Å². The van der Waals surface area contributed by atoms with Crippen molar-refractivity contribution >= 4 is 5.69 Å². The molecular weight excluding hydrogens is 162 g/mol. The maximum absolute atomic E-state index is 10.5. The van der Waals surface area contributed by atoms with E-state index in [9.17, 15) is 15.3 Å². The lowest BCUT2D eigenvalue weighted by Crippen LogP contribution is -2.28. The van der Waals surface area contributed by atoms with Gasteiger partial charge in [0.2, 0.25) is 0 Å². The molecule has 0 unspecified atom stereocenters. The van der Waals surface area contributed by atoms with Crippen molar-refractivity contribution in [3.63, 3.8) is 0 Å². The predicted octanol–water partition coefficient (Wildman–Crippen LogP) is -0.0521. The summed E-state index contributed by atoms with van der Waals surface area (Å²) in [7, 11) is 1.31. The van der Waals surface area contributed by atoms with Crippen molar-refractivity contribution in [3.8, 4) is 0 Å². The van der Waals surface area contributed by atoms with Gasteiger partial charge in [0.25, 0.3) is 0 Å². The zero-order chi connectivity index (χ0) is 9.14. The second-order valence-electron chi connectivity index (χ2n) is 2.18. The first-order valence-corrected chi connectivity index (χ1v) is 3.18. The van der Waals surface area contributed by atoms with Crippen LogP contribution in [0.4, 0.5) is 5.69 Å². The van der Waals surface area contributed by atoms with Gasteiger partial charge in [-0.3, -0.25) is 0 Å². The first-order valence-electron chi connectivity index (χ1n) is 3.18. The van der Waals surface area contributed by atoms with Crippen molar-refractivity contribution in [1.82, 2.24) is 0 Å². The molecule has 1 aromatic rings. The van der Waals surface area contributed by atoms with E-state index in [-0.39, 0.29) is 0 Å². The van der Waals surface area contributed by atoms with Crippen LogP contribution in [0.5, 0.6) is 0 Å². The number of nitrogens with zero attached hydrogens (tertiary/aromatic N) is 3. The molecule has 1 heterocycles. The summed E-state index contributed by atoms with van der Waals surface area (Å²) in [6.45, 7) is 0. The average Bonchev–Trinajstić information content (AvgIpc) is 2.04. The van der Waals surface area contributed by atoms with E-state index in [2.05, 4.69) is 0 Å². The molecule has 0 atom stereocenters. The second kappa shape index (κ2) is 3.04. The first-order chi connectivity index (χ1) is 5.61. The molecule has 0 aliphatic heterocycles. The highest BCUT2D eigenvalue weighted by Gasteiger charge is 2.10. The molecule has 0 aliphatic rings. The van der Waals surface area contributed by atoms with E-state index in [1.165, 1.54) is 31.6 Å². The fourth-order valence-electron chi connectivity index (χ4n) is 0.715. The minimum absolute atomic E-state index is 0.368. The maximum atomic E-state index is 10.5. The highest BCUT2D eigenvalue weighted by molar-refractivity contribution is 5.39. The van der Waals surface area contributed by atoms with Crippen LogP contribution in [0.3, 0.4) is 0 Å². The molecule has 0 amide bonds. The smallest absolute Gasteiger partial charge is 0.182 e. The van der Waals surface area contributed by atoms with Gasteiger partial charge in [-0.25, -0.2) is 10.1 Å². The van der Waals surface area contributed by atoms with Crippen molar-refractivity contribution in [1.29, 1.82) is 0 Å². The van der Waals surface area contributed by atoms with Gasteiger partial charge in [-0.15, -0.1) is 0 Å². The van der Waals surface area contributed by atoms with Crippen LogP contribution in [0, 0.1) is 15.3 Å². The predicted molar refractivity (Wildman–Crippen MR) is 40.8 cm³/mol. The van der Waals surface area contributed by atoms with E-state index in [0.29, 0.717) is 10.4 Å². The number of nitro groups is 1. The van der Waals surface area contributed by atoms with Gasteiger partial charge < -0.3 is 5.21 Å². The van der Waals surface area contributed by atoms with Gasteiger partial charge in [0.05, 0.1) is 7.05 Å². The quantitative estimate of drug-likeness (QED) is 0.269. The summed E-state index contributed by atoms with van der Waals surface area (Å²) in [5.74, 6) is 0. The largest absolute Gasteiger partial charge is 0.619 e. The Hall–Kier alpha value is -1.85. The molecule has 0 bridgehead atoms. The molecule has 6 nitrogen and oxygen atoms in total. The maximum Gasteiger partial charge on any atom is 0.182 e. The van der Waals surface area contributed by atoms with Crippen LogP contribution in [0.15, 0.2) is 24.5 Å². The van der Waals surface area contributed by atoms with Crippen molar-refractivity contribution in [2.75, 3.05) is 12.1 Å². The van der Waals surface area contributed by atoms with E-state index < -0.39 is 5.03 Å². The number of hydrazine groups is 1. The van der Waals surface area contributed by atoms with Gasteiger partial charge in [0.15, 0.2) is 17.4 Å². The fraction of sp³-hybridized carbons (Fsp3) is 0.167. The Morgan fingerprint density at radius 3 is 2.42 bits per heavy atom. The number of hydrogen-bond donors (Lipinski definition) is 0. The minimum atomic E-state index is -0.565. The number of pyridine rings is 1. The molecule has 0 saturated heterocycles. The monoisotopic (exact) mass is 169 g/mol. The Labute approximate surface area is 68.4 Å². The average molecular weight is 169 g/mol. The Bertz CT molecular complexity index is 285. The van der Waals surface area contributed by atoms with E-state index in [1.54, 1.807) is 0 Å². The van der Waals surface area contributed by atoms with E-state index in [0.717, 1.165) is 5.01 Å². The third-order valence-corrected chi connectivity index (χ3v) is 1.40. The van der Waals surface area contributed by atoms with E-state index in [1.807, 2.05) is 0 Å². The molecule has 1 aromatic heterocycles. The van der Waals surface area contributed by atoms with Gasteiger partial charge in [-0.1, -0.05) is 5.01 Å². The Balaban J connectivity index is 2.89. The first kappa shape index (κ1) is 8.25. The van der Waals surface area contributed by atoms with Crippen LogP contribution in [-0.2, 0) is 0 Å². The molecule has 0 fully saturated rings. The van der Waals surface area contributed by atoms with Gasteiger partial charge in [0, 0.05) is 12.1 Å². The Morgan fingerprint density at radius 1 is 1.50 bits per heavy atom. The van der Waals surface area contributed by atoms with Crippen molar-refractivity contribution < 1.29 is 9.76 Å². The fourth-order valence-corrected chi connectivity index (χ4v) is 0.715. The molecule has 6 heteroatoms. The lowest BCUT2D eigenvalue weighted by atomic mass is 10.4. The topological polar surface area (TPSA) is 73.3 Å². The van der Waals surface area contributed by atoms with Crippen LogP contribution in [0.25, 0.3) is 0 Å². The summed E-state index contributed by atoms with van der Waals surface area (Å²) in [6, 6.07) is 2.74. The lowest BCUT2D eigenvalue weighted by molar-refractivity contribution is -0.605. The van der Waals surface area contributed by atoms with Gasteiger partial charge in [-0.05, 0) is 0 Å². The molecule has 0 radical (unpaired) electrons. The third kappa shape index (κ3) is 1.60. The molecule has 0 aromatic carbocycles. The summed E-state index contributed by atoms with van der Waals surface area (Å²) in [4.78, 5) is 10.2. The van der Waals surface area contributed by atoms with Gasteiger partial charge >= 0.3 is 0 Å². The van der Waals surface area contributed by atoms with Crippen molar-refractivity contribution in [2.24, 2.45) is 0 Å². The zero-order valence-electron chi connectivity index (χ0n) is 6.38. The van der Waals surface area contributed by atoms with Crippen LogP contribution in [0.2, 0.25) is 0 Å². The summed E-state index contributed by atoms with van der Waals surface area (Å²) >= 11 is 0. The van der Waals surface area contributed by atoms with E-state index >= 15 is 0 Å². The third-order valence-electron chi connectivity index (χ3n) is 1.40. The highest BCUT2D eigenvalue weighted by Crippen LogP contribution is 2.07. The highest BCUT2D eigenvalue weighted by atomic mass is 16.7. The molecule has 0 spiro atoms. The molecule has 0 N–H and O–H groups in total. The van der Waals surface area contributed by atoms with Gasteiger partial charge in [-0.2, -0.15) is 4.73 Å². The zero-order valence-corrected chi connectivity index (χ0v) is 6.38. The van der Waals surface area contributed by atoms with Crippen LogP contribution in [0.1, 0.15) is 0 Å².